The van der Waals surface area contributed by atoms with Gasteiger partial charge in [-0.1, -0.05) is 36.6 Å². The molecule has 0 unspecified atom stereocenters. The summed E-state index contributed by atoms with van der Waals surface area (Å²) in [5.74, 6) is 3.16. The average molecular weight is 623 g/mol. The Morgan fingerprint density at radius 1 is 1.11 bits per heavy atom. The fourth-order valence-electron chi connectivity index (χ4n) is 4.67. The molecule has 0 bridgehead atoms. The molecular formula is C32H30F4N6O3. The number of carbonyl (C=O) groups is 2. The molecule has 4 rings (SSSR count). The molecule has 0 aliphatic heterocycles. The normalized spacial score (nSPS) is 11.5. The Balaban J connectivity index is 1.97. The van der Waals surface area contributed by atoms with Crippen LogP contribution in [0.2, 0.25) is 0 Å². The molecule has 234 valence electrons. The van der Waals surface area contributed by atoms with Gasteiger partial charge in [0.1, 0.15) is 18.1 Å². The summed E-state index contributed by atoms with van der Waals surface area (Å²) in [7, 11) is 3.08. The van der Waals surface area contributed by atoms with Crippen LogP contribution in [-0.4, -0.2) is 46.7 Å². The highest BCUT2D eigenvalue weighted by Crippen LogP contribution is 2.44. The zero-order chi connectivity index (χ0) is 33.3. The topological polar surface area (TPSA) is 137 Å². The van der Waals surface area contributed by atoms with Crippen LogP contribution < -0.4 is 26.8 Å². The Labute approximate surface area is 256 Å². The fourth-order valence-corrected chi connectivity index (χ4v) is 4.67. The molecule has 45 heavy (non-hydrogen) atoms. The summed E-state index contributed by atoms with van der Waals surface area (Å²) >= 11 is 0. The molecule has 0 atom stereocenters. The van der Waals surface area contributed by atoms with Crippen molar-refractivity contribution in [2.45, 2.75) is 25.6 Å². The van der Waals surface area contributed by atoms with Gasteiger partial charge in [0.15, 0.2) is 5.83 Å². The lowest BCUT2D eigenvalue weighted by Crippen LogP contribution is -2.33. The SMILES string of the molecule is C=C(F)C(=O)Nc1ccc(-c2c(-c3ccc(C(=O)NCC(F)(F)F)c(OC)c3)c3c(N)ncc(C#CC(C)(C)N)c3n2C)cc1. The number of anilines is 2. The standard InChI is InChI=1S/C32H30F4N6O3/c1-17(33)29(43)41-21-9-6-18(7-10-21)26-24(19-8-11-22(23(14-19)45-5)30(44)40-16-32(34,35)36)25-27(42(26)4)20(15-39-28(25)37)12-13-31(2,3)38/h6-11,14-15H,1,16,38H2,2-5H3,(H2,37,39)(H,40,44)(H,41,43). The molecule has 0 saturated heterocycles. The molecule has 2 heterocycles. The minimum atomic E-state index is -4.59. The van der Waals surface area contributed by atoms with Crippen molar-refractivity contribution in [3.63, 3.8) is 0 Å². The van der Waals surface area contributed by atoms with Crippen LogP contribution in [0.1, 0.15) is 29.8 Å². The summed E-state index contributed by atoms with van der Waals surface area (Å²) in [6.07, 6.45) is -3.07. The lowest BCUT2D eigenvalue weighted by Gasteiger charge is -2.14. The second kappa shape index (κ2) is 12.3. The van der Waals surface area contributed by atoms with Gasteiger partial charge in [0, 0.05) is 24.5 Å². The van der Waals surface area contributed by atoms with E-state index in [1.807, 2.05) is 9.88 Å². The predicted molar refractivity (Wildman–Crippen MR) is 165 cm³/mol. The van der Waals surface area contributed by atoms with E-state index in [1.54, 1.807) is 51.2 Å². The molecule has 0 aliphatic rings. The quantitative estimate of drug-likeness (QED) is 0.125. The van der Waals surface area contributed by atoms with Crippen molar-refractivity contribution < 1.29 is 31.9 Å². The highest BCUT2D eigenvalue weighted by atomic mass is 19.4. The monoisotopic (exact) mass is 622 g/mol. The average Bonchev–Trinajstić information content (AvgIpc) is 3.28. The first-order valence-corrected chi connectivity index (χ1v) is 13.4. The molecule has 0 spiro atoms. The summed E-state index contributed by atoms with van der Waals surface area (Å²) < 4.78 is 58.8. The van der Waals surface area contributed by atoms with E-state index in [2.05, 4.69) is 28.7 Å². The van der Waals surface area contributed by atoms with Gasteiger partial charge < -0.3 is 31.4 Å². The van der Waals surface area contributed by atoms with Gasteiger partial charge in [0.25, 0.3) is 11.8 Å². The molecule has 2 amide bonds. The number of aromatic nitrogens is 2. The highest BCUT2D eigenvalue weighted by molar-refractivity contribution is 6.11. The Kier molecular flexibility index (Phi) is 8.92. The van der Waals surface area contributed by atoms with Gasteiger partial charge in [-0.05, 0) is 49.2 Å². The number of nitrogens with zero attached hydrogens (tertiary/aromatic N) is 2. The number of carbonyl (C=O) groups excluding carboxylic acids is 2. The van der Waals surface area contributed by atoms with Gasteiger partial charge in [0.2, 0.25) is 0 Å². The second-order valence-electron chi connectivity index (χ2n) is 10.7. The number of ether oxygens (including phenoxy) is 1. The van der Waals surface area contributed by atoms with E-state index in [4.69, 9.17) is 16.2 Å². The van der Waals surface area contributed by atoms with Crippen LogP contribution in [-0.2, 0) is 11.8 Å². The molecule has 0 fully saturated rings. The first-order chi connectivity index (χ1) is 21.0. The summed E-state index contributed by atoms with van der Waals surface area (Å²) in [6.45, 7) is 4.99. The Bertz CT molecular complexity index is 1880. The lowest BCUT2D eigenvalue weighted by atomic mass is 9.96. The van der Waals surface area contributed by atoms with Crippen LogP contribution in [0.25, 0.3) is 33.3 Å². The summed E-state index contributed by atoms with van der Waals surface area (Å²) in [6, 6.07) is 11.0. The van der Waals surface area contributed by atoms with E-state index in [-0.39, 0.29) is 17.1 Å². The van der Waals surface area contributed by atoms with Crippen molar-refractivity contribution in [1.82, 2.24) is 14.9 Å². The number of alkyl halides is 3. The van der Waals surface area contributed by atoms with E-state index < -0.39 is 35.9 Å². The number of benzene rings is 2. The molecule has 0 aliphatic carbocycles. The van der Waals surface area contributed by atoms with Crippen LogP contribution in [0.3, 0.4) is 0 Å². The number of halogens is 4. The third kappa shape index (κ3) is 7.25. The van der Waals surface area contributed by atoms with E-state index in [0.717, 1.165) is 0 Å². The molecule has 0 saturated carbocycles. The zero-order valence-electron chi connectivity index (χ0n) is 24.8. The van der Waals surface area contributed by atoms with E-state index >= 15 is 0 Å². The summed E-state index contributed by atoms with van der Waals surface area (Å²) in [4.78, 5) is 28.8. The second-order valence-corrected chi connectivity index (χ2v) is 10.7. The lowest BCUT2D eigenvalue weighted by molar-refractivity contribution is -0.123. The number of hydrogen-bond acceptors (Lipinski definition) is 6. The minimum Gasteiger partial charge on any atom is -0.496 e. The van der Waals surface area contributed by atoms with Crippen molar-refractivity contribution in [2.75, 3.05) is 24.7 Å². The number of nitrogens with two attached hydrogens (primary N) is 2. The molecule has 2 aromatic carbocycles. The maximum Gasteiger partial charge on any atom is 0.405 e. The van der Waals surface area contributed by atoms with Crippen molar-refractivity contribution in [1.29, 1.82) is 0 Å². The number of aryl methyl sites for hydroxylation is 1. The number of rotatable bonds is 7. The maximum atomic E-state index is 13.3. The molecule has 0 radical (unpaired) electrons. The Hall–Kier alpha value is -5.35. The van der Waals surface area contributed by atoms with Crippen molar-refractivity contribution in [3.8, 4) is 40.0 Å². The summed E-state index contributed by atoms with van der Waals surface area (Å²) in [5, 5.41) is 4.76. The van der Waals surface area contributed by atoms with Crippen molar-refractivity contribution in [2.24, 2.45) is 12.8 Å². The van der Waals surface area contributed by atoms with Crippen LogP contribution in [0.4, 0.5) is 29.1 Å². The Morgan fingerprint density at radius 3 is 2.33 bits per heavy atom. The van der Waals surface area contributed by atoms with Crippen LogP contribution in [0, 0.1) is 11.8 Å². The van der Waals surface area contributed by atoms with Gasteiger partial charge in [-0.3, -0.25) is 9.59 Å². The maximum absolute atomic E-state index is 13.3. The number of pyridine rings is 1. The van der Waals surface area contributed by atoms with Gasteiger partial charge in [-0.25, -0.2) is 9.37 Å². The van der Waals surface area contributed by atoms with Crippen molar-refractivity contribution in [3.05, 3.63) is 72.2 Å². The molecule has 4 aromatic rings. The highest BCUT2D eigenvalue weighted by Gasteiger charge is 2.29. The number of nitrogens with one attached hydrogen (secondary N) is 2. The van der Waals surface area contributed by atoms with Crippen LogP contribution in [0.15, 0.2) is 61.1 Å². The first-order valence-electron chi connectivity index (χ1n) is 13.4. The number of fused-ring (bicyclic) bond motifs is 1. The van der Waals surface area contributed by atoms with Gasteiger partial charge >= 0.3 is 6.18 Å². The van der Waals surface area contributed by atoms with Gasteiger partial charge in [0.05, 0.1) is 40.4 Å². The zero-order valence-corrected chi connectivity index (χ0v) is 24.8. The third-order valence-corrected chi connectivity index (χ3v) is 6.60. The van der Waals surface area contributed by atoms with E-state index in [1.165, 1.54) is 25.4 Å². The predicted octanol–water partition coefficient (Wildman–Crippen LogP) is 5.30. The molecule has 2 aromatic heterocycles. The van der Waals surface area contributed by atoms with E-state index in [0.29, 0.717) is 44.5 Å². The number of nitrogen functional groups attached to an aromatic ring is 1. The minimum absolute atomic E-state index is 0.0204. The molecule has 9 nitrogen and oxygen atoms in total. The van der Waals surface area contributed by atoms with Crippen molar-refractivity contribution >= 4 is 34.2 Å². The molecule has 6 N–H and O–H groups in total. The third-order valence-electron chi connectivity index (χ3n) is 6.60. The van der Waals surface area contributed by atoms with Crippen LogP contribution in [0.5, 0.6) is 5.75 Å². The molecule has 13 heteroatoms. The number of amides is 2. The molecular weight excluding hydrogens is 592 g/mol. The smallest absolute Gasteiger partial charge is 0.405 e. The van der Waals surface area contributed by atoms with Gasteiger partial charge in [-0.15, -0.1) is 0 Å². The summed E-state index contributed by atoms with van der Waals surface area (Å²) in [5.41, 5.74) is 15.4. The van der Waals surface area contributed by atoms with Gasteiger partial charge in [-0.2, -0.15) is 13.2 Å². The number of hydrogen-bond donors (Lipinski definition) is 4. The fraction of sp³-hybridized carbons (Fsp3) is 0.219. The largest absolute Gasteiger partial charge is 0.496 e. The van der Waals surface area contributed by atoms with E-state index in [9.17, 15) is 27.2 Å². The number of methoxy groups -OCH3 is 1. The Morgan fingerprint density at radius 2 is 1.76 bits per heavy atom. The van der Waals surface area contributed by atoms with Crippen LogP contribution >= 0.6 is 0 Å². The first kappa shape index (κ1) is 32.6.